The Morgan fingerprint density at radius 2 is 1.74 bits per heavy atom. The monoisotopic (exact) mass is 620 g/mol. The van der Waals surface area contributed by atoms with Crippen LogP contribution in [-0.4, -0.2) is 30.5 Å². The molecule has 8 nitrogen and oxygen atoms in total. The molecule has 0 atom stereocenters. The minimum atomic E-state index is -0.970. The molecule has 3 aromatic carbocycles. The van der Waals surface area contributed by atoms with Crippen molar-refractivity contribution in [2.45, 2.75) is 6.92 Å². The first-order chi connectivity index (χ1) is 16.7. The lowest BCUT2D eigenvalue weighted by molar-refractivity contribution is -0.136. The zero-order valence-electron chi connectivity index (χ0n) is 18.3. The van der Waals surface area contributed by atoms with Crippen molar-refractivity contribution >= 4 is 78.8 Å². The van der Waals surface area contributed by atoms with Crippen molar-refractivity contribution in [3.8, 4) is 5.75 Å². The van der Waals surface area contributed by atoms with Gasteiger partial charge < -0.3 is 15.4 Å². The molecular weight excluding hydrogens is 604 g/mol. The molecule has 0 unspecified atom stereocenters. The molecule has 3 N–H and O–H groups in total. The van der Waals surface area contributed by atoms with Crippen LogP contribution in [0.1, 0.15) is 11.1 Å². The van der Waals surface area contributed by atoms with Gasteiger partial charge in [0, 0.05) is 30.9 Å². The molecule has 3 rings (SSSR count). The van der Waals surface area contributed by atoms with E-state index in [4.69, 9.17) is 16.3 Å². The number of nitrogens with one attached hydrogen (secondary N) is 3. The van der Waals surface area contributed by atoms with Gasteiger partial charge in [0.25, 0.3) is 5.91 Å². The van der Waals surface area contributed by atoms with E-state index in [2.05, 4.69) is 53.0 Å². The van der Waals surface area contributed by atoms with E-state index in [9.17, 15) is 14.4 Å². The minimum Gasteiger partial charge on any atom is -0.483 e. The second-order valence-corrected chi connectivity index (χ2v) is 9.35. The highest BCUT2D eigenvalue weighted by Crippen LogP contribution is 2.23. The van der Waals surface area contributed by atoms with Crippen LogP contribution in [0.2, 0.25) is 5.02 Å². The fraction of sp³-hybridized carbons (Fsp3) is 0.0833. The maximum Gasteiger partial charge on any atom is 0.329 e. The number of anilines is 2. The zero-order chi connectivity index (χ0) is 25.4. The summed E-state index contributed by atoms with van der Waals surface area (Å²) in [5, 5.41) is 9.43. The molecule has 0 heterocycles. The maximum atomic E-state index is 12.3. The summed E-state index contributed by atoms with van der Waals surface area (Å²) in [5.74, 6) is -1.86. The van der Waals surface area contributed by atoms with Crippen LogP contribution in [0.3, 0.4) is 0 Å². The van der Waals surface area contributed by atoms with Crippen LogP contribution in [0, 0.1) is 6.92 Å². The summed E-state index contributed by atoms with van der Waals surface area (Å²) in [5.41, 5.74) is 4.63. The predicted octanol–water partition coefficient (Wildman–Crippen LogP) is 5.28. The van der Waals surface area contributed by atoms with Crippen LogP contribution in [0.25, 0.3) is 0 Å². The van der Waals surface area contributed by atoms with Gasteiger partial charge in [0.05, 0.1) is 6.21 Å². The predicted molar refractivity (Wildman–Crippen MR) is 143 cm³/mol. The minimum absolute atomic E-state index is 0.244. The van der Waals surface area contributed by atoms with Crippen molar-refractivity contribution < 1.29 is 19.1 Å². The number of hydrogen-bond acceptors (Lipinski definition) is 5. The van der Waals surface area contributed by atoms with Crippen molar-refractivity contribution in [3.05, 3.63) is 85.8 Å². The average Bonchev–Trinajstić information content (AvgIpc) is 2.81. The summed E-state index contributed by atoms with van der Waals surface area (Å²) >= 11 is 12.6. The Morgan fingerprint density at radius 3 is 2.49 bits per heavy atom. The number of rotatable bonds is 7. The number of nitrogens with zero attached hydrogens (tertiary/aromatic N) is 1. The largest absolute Gasteiger partial charge is 0.483 e. The normalized spacial score (nSPS) is 10.6. The van der Waals surface area contributed by atoms with Gasteiger partial charge in [-0.1, -0.05) is 49.5 Å². The maximum absolute atomic E-state index is 12.3. The van der Waals surface area contributed by atoms with Crippen molar-refractivity contribution in [1.82, 2.24) is 5.43 Å². The summed E-state index contributed by atoms with van der Waals surface area (Å²) in [7, 11) is 0. The topological polar surface area (TPSA) is 109 Å². The van der Waals surface area contributed by atoms with Gasteiger partial charge in [0.2, 0.25) is 0 Å². The van der Waals surface area contributed by atoms with Crippen LogP contribution < -0.4 is 20.8 Å². The lowest BCUT2D eigenvalue weighted by Gasteiger charge is -2.11. The molecule has 3 amide bonds. The smallest absolute Gasteiger partial charge is 0.329 e. The Balaban J connectivity index is 1.58. The number of amides is 3. The van der Waals surface area contributed by atoms with Crippen LogP contribution in [0.5, 0.6) is 5.75 Å². The van der Waals surface area contributed by atoms with Crippen LogP contribution in [0.15, 0.2) is 74.7 Å². The van der Waals surface area contributed by atoms with Crippen molar-refractivity contribution in [2.24, 2.45) is 5.10 Å². The number of benzene rings is 3. The third-order valence-electron chi connectivity index (χ3n) is 4.43. The highest BCUT2D eigenvalue weighted by Gasteiger charge is 2.13. The lowest BCUT2D eigenvalue weighted by Crippen LogP contribution is -2.32. The molecular formula is C24H19Br2ClN4O4. The molecule has 0 saturated heterocycles. The summed E-state index contributed by atoms with van der Waals surface area (Å²) in [6.45, 7) is 1.68. The molecule has 0 saturated carbocycles. The number of carbonyl (C=O) groups excluding carboxylic acids is 3. The van der Waals surface area contributed by atoms with E-state index in [0.717, 1.165) is 14.5 Å². The fourth-order valence-corrected chi connectivity index (χ4v) is 3.60. The highest BCUT2D eigenvalue weighted by molar-refractivity contribution is 9.10. The third-order valence-corrected chi connectivity index (χ3v) is 6.05. The Labute approximate surface area is 223 Å². The molecule has 0 aliphatic rings. The third kappa shape index (κ3) is 8.20. The summed E-state index contributed by atoms with van der Waals surface area (Å²) < 4.78 is 7.31. The molecule has 0 aromatic heterocycles. The molecule has 35 heavy (non-hydrogen) atoms. The molecule has 11 heteroatoms. The molecule has 0 fully saturated rings. The van der Waals surface area contributed by atoms with Crippen LogP contribution >= 0.6 is 43.5 Å². The van der Waals surface area contributed by atoms with E-state index in [-0.39, 0.29) is 12.5 Å². The van der Waals surface area contributed by atoms with Crippen molar-refractivity contribution in [3.63, 3.8) is 0 Å². The number of hydrogen-bond donors (Lipinski definition) is 3. The summed E-state index contributed by atoms with van der Waals surface area (Å²) in [6.07, 6.45) is 1.31. The first kappa shape index (κ1) is 26.4. The quantitative estimate of drug-likeness (QED) is 0.189. The average molecular weight is 623 g/mol. The fourth-order valence-electron chi connectivity index (χ4n) is 2.78. The van der Waals surface area contributed by atoms with Crippen molar-refractivity contribution in [1.29, 1.82) is 0 Å². The summed E-state index contributed by atoms with van der Waals surface area (Å²) in [4.78, 5) is 36.4. The van der Waals surface area contributed by atoms with E-state index in [1.54, 1.807) is 42.5 Å². The molecule has 0 aliphatic carbocycles. The molecule has 0 bridgehead atoms. The van der Waals surface area contributed by atoms with Gasteiger partial charge in [-0.2, -0.15) is 5.10 Å². The van der Waals surface area contributed by atoms with E-state index >= 15 is 0 Å². The standard InChI is InChI=1S/C24H19Br2ClN4O4/c1-14-9-19(6-7-20(14)26)29-22(32)13-35-21-8-5-16(25)10-15(21)12-28-31-24(34)23(33)30-18-4-2-3-17(27)11-18/h2-12H,13H2,1H3,(H,29,32)(H,30,33)(H,31,34)/b28-12-. The number of carbonyl (C=O) groups is 3. The second-order valence-electron chi connectivity index (χ2n) is 7.15. The van der Waals surface area contributed by atoms with Crippen LogP contribution in [-0.2, 0) is 14.4 Å². The first-order valence-corrected chi connectivity index (χ1v) is 12.1. The molecule has 0 radical (unpaired) electrons. The molecule has 0 spiro atoms. The van der Waals surface area contributed by atoms with Gasteiger partial charge in [-0.3, -0.25) is 14.4 Å². The molecule has 3 aromatic rings. The van der Waals surface area contributed by atoms with Gasteiger partial charge >= 0.3 is 11.8 Å². The first-order valence-electron chi connectivity index (χ1n) is 10.1. The van der Waals surface area contributed by atoms with Crippen molar-refractivity contribution in [2.75, 3.05) is 17.2 Å². The van der Waals surface area contributed by atoms with Gasteiger partial charge in [-0.25, -0.2) is 5.43 Å². The van der Waals surface area contributed by atoms with Gasteiger partial charge in [0.1, 0.15) is 5.75 Å². The second kappa shape index (κ2) is 12.5. The van der Waals surface area contributed by atoms with Gasteiger partial charge in [-0.15, -0.1) is 0 Å². The lowest BCUT2D eigenvalue weighted by atomic mass is 10.2. The Bertz CT molecular complexity index is 1300. The zero-order valence-corrected chi connectivity index (χ0v) is 22.2. The summed E-state index contributed by atoms with van der Waals surface area (Å²) in [6, 6.07) is 16.9. The van der Waals surface area contributed by atoms with E-state index in [0.29, 0.717) is 27.7 Å². The SMILES string of the molecule is Cc1cc(NC(=O)COc2ccc(Br)cc2/C=N\NC(=O)C(=O)Nc2cccc(Cl)c2)ccc1Br. The Morgan fingerprint density at radius 1 is 0.971 bits per heavy atom. The number of hydrazone groups is 1. The van der Waals surface area contributed by atoms with Gasteiger partial charge in [-0.05, 0) is 67.1 Å². The molecule has 0 aliphatic heterocycles. The van der Waals surface area contributed by atoms with E-state index < -0.39 is 11.8 Å². The number of halogens is 3. The molecule has 180 valence electrons. The van der Waals surface area contributed by atoms with Gasteiger partial charge in [0.15, 0.2) is 6.61 Å². The highest BCUT2D eigenvalue weighted by atomic mass is 79.9. The Kier molecular flexibility index (Phi) is 9.41. The number of aryl methyl sites for hydroxylation is 1. The van der Waals surface area contributed by atoms with E-state index in [1.165, 1.54) is 12.3 Å². The number of ether oxygens (including phenoxy) is 1. The van der Waals surface area contributed by atoms with E-state index in [1.807, 2.05) is 19.1 Å². The Hall–Kier alpha value is -3.21. The van der Waals surface area contributed by atoms with Crippen LogP contribution in [0.4, 0.5) is 11.4 Å².